The topological polar surface area (TPSA) is 83.2 Å². The number of nitrogens with zero attached hydrogens (tertiary/aromatic N) is 2. The summed E-state index contributed by atoms with van der Waals surface area (Å²) in [5, 5.41) is 17.6. The van der Waals surface area contributed by atoms with Gasteiger partial charge in [-0.3, -0.25) is 0 Å². The summed E-state index contributed by atoms with van der Waals surface area (Å²) in [7, 11) is 0. The highest BCUT2D eigenvalue weighted by Gasteiger charge is 2.16. The summed E-state index contributed by atoms with van der Waals surface area (Å²) in [5.41, 5.74) is 0.375. The molecule has 1 N–H and O–H groups in total. The third-order valence-corrected chi connectivity index (χ3v) is 2.86. The molecule has 114 valence electrons. The number of carboxylic acids is 1. The first kappa shape index (κ1) is 16.1. The van der Waals surface area contributed by atoms with E-state index in [1.165, 1.54) is 12.3 Å². The SMILES string of the molecule is CC(C)(C#Cc1ccc(C(=O)O)cn1)Oc1ccc(C#N)cc1. The summed E-state index contributed by atoms with van der Waals surface area (Å²) in [4.78, 5) is 14.7. The second-order valence-corrected chi connectivity index (χ2v) is 5.24. The van der Waals surface area contributed by atoms with Gasteiger partial charge in [-0.1, -0.05) is 0 Å². The van der Waals surface area contributed by atoms with Crippen molar-refractivity contribution < 1.29 is 14.6 Å². The molecule has 0 aliphatic carbocycles. The number of hydrogen-bond donors (Lipinski definition) is 1. The van der Waals surface area contributed by atoms with Gasteiger partial charge in [0, 0.05) is 6.20 Å². The molecular formula is C18H14N2O3. The van der Waals surface area contributed by atoms with Crippen LogP contribution in [0.1, 0.15) is 35.5 Å². The Morgan fingerprint density at radius 1 is 1.22 bits per heavy atom. The first-order valence-electron chi connectivity index (χ1n) is 6.81. The zero-order valence-electron chi connectivity index (χ0n) is 12.7. The molecule has 0 spiro atoms. The van der Waals surface area contributed by atoms with Crippen molar-refractivity contribution in [2.24, 2.45) is 0 Å². The minimum atomic E-state index is -1.03. The first-order chi connectivity index (χ1) is 10.9. The molecule has 5 nitrogen and oxygen atoms in total. The highest BCUT2D eigenvalue weighted by atomic mass is 16.5. The Morgan fingerprint density at radius 3 is 2.43 bits per heavy atom. The summed E-state index contributed by atoms with van der Waals surface area (Å²) in [6.45, 7) is 3.62. The van der Waals surface area contributed by atoms with Crippen molar-refractivity contribution in [2.45, 2.75) is 19.4 Å². The highest BCUT2D eigenvalue weighted by Crippen LogP contribution is 2.18. The summed E-state index contributed by atoms with van der Waals surface area (Å²) in [5.74, 6) is 5.40. The third kappa shape index (κ3) is 4.59. The van der Waals surface area contributed by atoms with E-state index < -0.39 is 11.6 Å². The predicted octanol–water partition coefficient (Wildman–Crippen LogP) is 2.86. The highest BCUT2D eigenvalue weighted by molar-refractivity contribution is 5.87. The van der Waals surface area contributed by atoms with Crippen LogP contribution >= 0.6 is 0 Å². The zero-order valence-corrected chi connectivity index (χ0v) is 12.7. The molecule has 0 bridgehead atoms. The molecule has 0 saturated carbocycles. The van der Waals surface area contributed by atoms with Crippen molar-refractivity contribution in [1.29, 1.82) is 5.26 Å². The van der Waals surface area contributed by atoms with E-state index in [1.54, 1.807) is 30.3 Å². The van der Waals surface area contributed by atoms with Crippen LogP contribution < -0.4 is 4.74 Å². The van der Waals surface area contributed by atoms with E-state index in [9.17, 15) is 4.79 Å². The van der Waals surface area contributed by atoms with Gasteiger partial charge in [-0.25, -0.2) is 9.78 Å². The van der Waals surface area contributed by atoms with Gasteiger partial charge in [0.15, 0.2) is 5.60 Å². The van der Waals surface area contributed by atoms with Gasteiger partial charge in [0.05, 0.1) is 17.2 Å². The summed E-state index contributed by atoms with van der Waals surface area (Å²) in [6.07, 6.45) is 1.26. The van der Waals surface area contributed by atoms with Crippen LogP contribution in [0.15, 0.2) is 42.6 Å². The Bertz CT molecular complexity index is 805. The van der Waals surface area contributed by atoms with E-state index in [-0.39, 0.29) is 5.56 Å². The largest absolute Gasteiger partial charge is 0.478 e. The van der Waals surface area contributed by atoms with Crippen LogP contribution in [0.3, 0.4) is 0 Å². The van der Waals surface area contributed by atoms with Gasteiger partial charge in [-0.15, -0.1) is 0 Å². The number of aromatic nitrogens is 1. The van der Waals surface area contributed by atoms with Gasteiger partial charge in [-0.05, 0) is 62.1 Å². The van der Waals surface area contributed by atoms with E-state index in [4.69, 9.17) is 15.1 Å². The Labute approximate surface area is 134 Å². The maximum absolute atomic E-state index is 10.8. The van der Waals surface area contributed by atoms with Crippen molar-refractivity contribution in [1.82, 2.24) is 4.98 Å². The van der Waals surface area contributed by atoms with Crippen LogP contribution in [0.4, 0.5) is 0 Å². The third-order valence-electron chi connectivity index (χ3n) is 2.86. The number of carbonyl (C=O) groups is 1. The lowest BCUT2D eigenvalue weighted by Gasteiger charge is -2.20. The molecule has 0 saturated heterocycles. The van der Waals surface area contributed by atoms with Crippen molar-refractivity contribution in [3.63, 3.8) is 0 Å². The maximum Gasteiger partial charge on any atom is 0.337 e. The van der Waals surface area contributed by atoms with Crippen LogP contribution in [-0.4, -0.2) is 21.7 Å². The lowest BCUT2D eigenvalue weighted by Crippen LogP contribution is -2.25. The summed E-state index contributed by atoms with van der Waals surface area (Å²) < 4.78 is 5.78. The van der Waals surface area contributed by atoms with Gasteiger partial charge in [0.1, 0.15) is 11.4 Å². The van der Waals surface area contributed by atoms with Gasteiger partial charge in [0.2, 0.25) is 0 Å². The van der Waals surface area contributed by atoms with Crippen LogP contribution in [0.5, 0.6) is 5.75 Å². The number of benzene rings is 1. The lowest BCUT2D eigenvalue weighted by molar-refractivity contribution is 0.0696. The second kappa shape index (κ2) is 6.64. The molecule has 1 aromatic heterocycles. The van der Waals surface area contributed by atoms with Gasteiger partial charge in [-0.2, -0.15) is 5.26 Å². The van der Waals surface area contributed by atoms with Gasteiger partial charge in [0.25, 0.3) is 0 Å². The molecule has 5 heteroatoms. The Kier molecular flexibility index (Phi) is 4.64. The van der Waals surface area contributed by atoms with E-state index in [1.807, 2.05) is 19.9 Å². The van der Waals surface area contributed by atoms with E-state index in [0.29, 0.717) is 17.0 Å². The number of rotatable bonds is 3. The van der Waals surface area contributed by atoms with Crippen LogP contribution in [0.25, 0.3) is 0 Å². The fourth-order valence-corrected chi connectivity index (χ4v) is 1.73. The molecular weight excluding hydrogens is 292 g/mol. The molecule has 1 aromatic carbocycles. The molecule has 2 aromatic rings. The van der Waals surface area contributed by atoms with E-state index in [2.05, 4.69) is 16.8 Å². The monoisotopic (exact) mass is 306 g/mol. The number of nitriles is 1. The number of carboxylic acid groups (broad SMARTS) is 1. The normalized spacial score (nSPS) is 10.1. The average molecular weight is 306 g/mol. The quantitative estimate of drug-likeness (QED) is 0.882. The molecule has 0 aliphatic rings. The maximum atomic E-state index is 10.8. The number of ether oxygens (including phenoxy) is 1. The molecule has 1 heterocycles. The van der Waals surface area contributed by atoms with E-state index in [0.717, 1.165) is 0 Å². The molecule has 0 amide bonds. The van der Waals surface area contributed by atoms with Gasteiger partial charge >= 0.3 is 5.97 Å². The molecule has 0 atom stereocenters. The van der Waals surface area contributed by atoms with Crippen LogP contribution in [0, 0.1) is 23.2 Å². The molecule has 0 radical (unpaired) electrons. The Hall–Kier alpha value is -3.31. The number of aromatic carboxylic acids is 1. The first-order valence-corrected chi connectivity index (χ1v) is 6.81. The Morgan fingerprint density at radius 2 is 1.91 bits per heavy atom. The van der Waals surface area contributed by atoms with E-state index >= 15 is 0 Å². The average Bonchev–Trinajstić information content (AvgIpc) is 2.54. The lowest BCUT2D eigenvalue weighted by atomic mass is 10.1. The smallest absolute Gasteiger partial charge is 0.337 e. The second-order valence-electron chi connectivity index (χ2n) is 5.24. The molecule has 0 fully saturated rings. The van der Waals surface area contributed by atoms with Gasteiger partial charge < -0.3 is 9.84 Å². The van der Waals surface area contributed by atoms with Crippen molar-refractivity contribution in [3.8, 4) is 23.7 Å². The van der Waals surface area contributed by atoms with Crippen LogP contribution in [-0.2, 0) is 0 Å². The molecule has 23 heavy (non-hydrogen) atoms. The summed E-state index contributed by atoms with van der Waals surface area (Å²) >= 11 is 0. The number of hydrogen-bond acceptors (Lipinski definition) is 4. The van der Waals surface area contributed by atoms with Crippen molar-refractivity contribution >= 4 is 5.97 Å². The van der Waals surface area contributed by atoms with Crippen molar-refractivity contribution in [2.75, 3.05) is 0 Å². The minimum Gasteiger partial charge on any atom is -0.478 e. The fourth-order valence-electron chi connectivity index (χ4n) is 1.73. The fraction of sp³-hybridized carbons (Fsp3) is 0.167. The minimum absolute atomic E-state index is 0.114. The predicted molar refractivity (Wildman–Crippen MR) is 83.9 cm³/mol. The van der Waals surface area contributed by atoms with Crippen LogP contribution in [0.2, 0.25) is 0 Å². The number of pyridine rings is 1. The molecule has 2 rings (SSSR count). The molecule has 0 unspecified atom stereocenters. The molecule has 0 aliphatic heterocycles. The standard InChI is InChI=1S/C18H14N2O3/c1-18(2,23-16-7-3-13(11-19)4-8-16)10-9-15-6-5-14(12-20-15)17(21)22/h3-8,12H,1-2H3,(H,21,22). The Balaban J connectivity index is 2.11. The zero-order chi connectivity index (χ0) is 16.9. The summed E-state index contributed by atoms with van der Waals surface area (Å²) in [6, 6.07) is 11.8. The van der Waals surface area contributed by atoms with Crippen molar-refractivity contribution in [3.05, 3.63) is 59.4 Å².